The highest BCUT2D eigenvalue weighted by Crippen LogP contribution is 2.32. The number of nitrogens with two attached hydrogens (primary N) is 1. The van der Waals surface area contributed by atoms with Crippen molar-refractivity contribution in [3.05, 3.63) is 70.9 Å². The van der Waals surface area contributed by atoms with E-state index in [1.807, 2.05) is 30.3 Å². The van der Waals surface area contributed by atoms with Gasteiger partial charge in [-0.05, 0) is 23.6 Å². The van der Waals surface area contributed by atoms with Crippen molar-refractivity contribution in [3.8, 4) is 0 Å². The smallest absolute Gasteiger partial charge is 0.128 e. The first kappa shape index (κ1) is 11.4. The molecule has 18 heavy (non-hydrogen) atoms. The molecular formula is C15H12FNS. The SMILES string of the molecule is NC(c1cc2ccccc2s1)c1ccccc1F. The van der Waals surface area contributed by atoms with E-state index in [2.05, 4.69) is 6.07 Å². The van der Waals surface area contributed by atoms with E-state index >= 15 is 0 Å². The minimum Gasteiger partial charge on any atom is -0.320 e. The molecule has 0 saturated carbocycles. The Bertz CT molecular complexity index is 657. The Morgan fingerprint density at radius 2 is 1.72 bits per heavy atom. The monoisotopic (exact) mass is 257 g/mol. The number of rotatable bonds is 2. The lowest BCUT2D eigenvalue weighted by molar-refractivity contribution is 0.601. The lowest BCUT2D eigenvalue weighted by atomic mass is 10.1. The van der Waals surface area contributed by atoms with Crippen LogP contribution in [0.15, 0.2) is 54.6 Å². The number of fused-ring (bicyclic) bond motifs is 1. The average Bonchev–Trinajstić information content (AvgIpc) is 2.82. The molecule has 0 aliphatic heterocycles. The second-order valence-electron chi connectivity index (χ2n) is 4.19. The predicted octanol–water partition coefficient (Wildman–Crippen LogP) is 4.09. The molecule has 0 aliphatic rings. The van der Waals surface area contributed by atoms with E-state index in [-0.39, 0.29) is 5.82 Å². The molecule has 2 N–H and O–H groups in total. The Hall–Kier alpha value is -1.71. The van der Waals surface area contributed by atoms with Gasteiger partial charge in [0.05, 0.1) is 6.04 Å². The maximum atomic E-state index is 13.7. The minimum atomic E-state index is -0.399. The van der Waals surface area contributed by atoms with E-state index in [4.69, 9.17) is 5.73 Å². The zero-order chi connectivity index (χ0) is 12.5. The fraction of sp³-hybridized carbons (Fsp3) is 0.0667. The van der Waals surface area contributed by atoms with Crippen LogP contribution in [0.25, 0.3) is 10.1 Å². The summed E-state index contributed by atoms with van der Waals surface area (Å²) >= 11 is 1.62. The molecule has 0 radical (unpaired) electrons. The molecular weight excluding hydrogens is 245 g/mol. The van der Waals surface area contributed by atoms with Crippen LogP contribution in [-0.2, 0) is 0 Å². The van der Waals surface area contributed by atoms with Gasteiger partial charge in [0, 0.05) is 15.1 Å². The van der Waals surface area contributed by atoms with Crippen LogP contribution in [0.2, 0.25) is 0 Å². The zero-order valence-corrected chi connectivity index (χ0v) is 10.5. The Kier molecular flexibility index (Phi) is 2.86. The van der Waals surface area contributed by atoms with Gasteiger partial charge in [-0.25, -0.2) is 4.39 Å². The van der Waals surface area contributed by atoms with E-state index in [1.165, 1.54) is 10.8 Å². The molecule has 1 unspecified atom stereocenters. The molecule has 3 rings (SSSR count). The number of thiophene rings is 1. The van der Waals surface area contributed by atoms with Gasteiger partial charge in [-0.2, -0.15) is 0 Å². The van der Waals surface area contributed by atoms with E-state index in [1.54, 1.807) is 23.5 Å². The van der Waals surface area contributed by atoms with E-state index in [9.17, 15) is 4.39 Å². The maximum absolute atomic E-state index is 13.7. The summed E-state index contributed by atoms with van der Waals surface area (Å²) in [5.41, 5.74) is 6.70. The summed E-state index contributed by atoms with van der Waals surface area (Å²) in [4.78, 5) is 0.987. The highest BCUT2D eigenvalue weighted by molar-refractivity contribution is 7.19. The van der Waals surface area contributed by atoms with Crippen molar-refractivity contribution < 1.29 is 4.39 Å². The number of halogens is 1. The lowest BCUT2D eigenvalue weighted by Gasteiger charge is -2.10. The van der Waals surface area contributed by atoms with Crippen molar-refractivity contribution in [1.29, 1.82) is 0 Å². The minimum absolute atomic E-state index is 0.248. The van der Waals surface area contributed by atoms with E-state index in [0.717, 1.165) is 10.3 Å². The molecule has 3 heteroatoms. The van der Waals surface area contributed by atoms with Crippen LogP contribution in [0.1, 0.15) is 16.5 Å². The largest absolute Gasteiger partial charge is 0.320 e. The van der Waals surface area contributed by atoms with Crippen LogP contribution in [0, 0.1) is 5.82 Å². The molecule has 1 aromatic heterocycles. The Labute approximate surface area is 109 Å². The van der Waals surface area contributed by atoms with Crippen molar-refractivity contribution >= 4 is 21.4 Å². The summed E-state index contributed by atoms with van der Waals surface area (Å²) in [7, 11) is 0. The van der Waals surface area contributed by atoms with Gasteiger partial charge in [0.2, 0.25) is 0 Å². The normalized spacial score (nSPS) is 12.8. The number of hydrogen-bond donors (Lipinski definition) is 1. The summed E-state index contributed by atoms with van der Waals surface area (Å²) < 4.78 is 14.9. The van der Waals surface area contributed by atoms with Gasteiger partial charge in [0.1, 0.15) is 5.82 Å². The first-order valence-corrected chi connectivity index (χ1v) is 6.56. The molecule has 90 valence electrons. The quantitative estimate of drug-likeness (QED) is 0.735. The summed E-state index contributed by atoms with van der Waals surface area (Å²) in [6, 6.07) is 16.4. The van der Waals surface area contributed by atoms with Crippen LogP contribution in [-0.4, -0.2) is 0 Å². The molecule has 0 spiro atoms. The lowest BCUT2D eigenvalue weighted by Crippen LogP contribution is -2.11. The van der Waals surface area contributed by atoms with Crippen LogP contribution in [0.3, 0.4) is 0 Å². The van der Waals surface area contributed by atoms with Crippen molar-refractivity contribution in [1.82, 2.24) is 0 Å². The van der Waals surface area contributed by atoms with Gasteiger partial charge in [-0.1, -0.05) is 36.4 Å². The van der Waals surface area contributed by atoms with Crippen molar-refractivity contribution in [3.63, 3.8) is 0 Å². The fourth-order valence-corrected chi connectivity index (χ4v) is 3.12. The number of hydrogen-bond acceptors (Lipinski definition) is 2. The predicted molar refractivity (Wildman–Crippen MR) is 74.3 cm³/mol. The molecule has 0 bridgehead atoms. The third-order valence-corrected chi connectivity index (χ3v) is 4.19. The molecule has 0 saturated heterocycles. The van der Waals surface area contributed by atoms with Crippen LogP contribution in [0.5, 0.6) is 0 Å². The fourth-order valence-electron chi connectivity index (χ4n) is 2.04. The van der Waals surface area contributed by atoms with E-state index in [0.29, 0.717) is 5.56 Å². The van der Waals surface area contributed by atoms with Crippen LogP contribution in [0.4, 0.5) is 4.39 Å². The van der Waals surface area contributed by atoms with Crippen molar-refractivity contribution in [2.24, 2.45) is 5.73 Å². The molecule has 0 fully saturated rings. The maximum Gasteiger partial charge on any atom is 0.128 e. The van der Waals surface area contributed by atoms with Gasteiger partial charge >= 0.3 is 0 Å². The van der Waals surface area contributed by atoms with Crippen LogP contribution >= 0.6 is 11.3 Å². The van der Waals surface area contributed by atoms with Gasteiger partial charge in [0.15, 0.2) is 0 Å². The van der Waals surface area contributed by atoms with Gasteiger partial charge in [-0.3, -0.25) is 0 Å². The molecule has 1 heterocycles. The Morgan fingerprint density at radius 1 is 1.00 bits per heavy atom. The second-order valence-corrected chi connectivity index (χ2v) is 5.30. The molecule has 3 aromatic rings. The molecule has 1 nitrogen and oxygen atoms in total. The molecule has 1 atom stereocenters. The molecule has 0 amide bonds. The van der Waals surface area contributed by atoms with Crippen LogP contribution < -0.4 is 5.73 Å². The molecule has 0 aliphatic carbocycles. The standard InChI is InChI=1S/C15H12FNS/c16-12-7-3-2-6-11(12)15(17)14-9-10-5-1-4-8-13(10)18-14/h1-9,15H,17H2. The highest BCUT2D eigenvalue weighted by atomic mass is 32.1. The first-order chi connectivity index (χ1) is 8.75. The van der Waals surface area contributed by atoms with Crippen molar-refractivity contribution in [2.75, 3.05) is 0 Å². The third-order valence-electron chi connectivity index (χ3n) is 2.99. The summed E-state index contributed by atoms with van der Waals surface area (Å²) in [6.45, 7) is 0. The summed E-state index contributed by atoms with van der Waals surface area (Å²) in [5, 5.41) is 1.16. The zero-order valence-electron chi connectivity index (χ0n) is 9.64. The third kappa shape index (κ3) is 1.92. The highest BCUT2D eigenvalue weighted by Gasteiger charge is 2.15. The van der Waals surface area contributed by atoms with Gasteiger partial charge < -0.3 is 5.73 Å². The molecule has 2 aromatic carbocycles. The van der Waals surface area contributed by atoms with Gasteiger partial charge in [0.25, 0.3) is 0 Å². The average molecular weight is 257 g/mol. The second kappa shape index (κ2) is 4.52. The van der Waals surface area contributed by atoms with Gasteiger partial charge in [-0.15, -0.1) is 11.3 Å². The number of benzene rings is 2. The topological polar surface area (TPSA) is 26.0 Å². The summed E-state index contributed by atoms with van der Waals surface area (Å²) in [6.07, 6.45) is 0. The Morgan fingerprint density at radius 3 is 2.50 bits per heavy atom. The first-order valence-electron chi connectivity index (χ1n) is 5.74. The van der Waals surface area contributed by atoms with E-state index < -0.39 is 6.04 Å². The summed E-state index contributed by atoms with van der Waals surface area (Å²) in [5.74, 6) is -0.248. The Balaban J connectivity index is 2.07. The van der Waals surface area contributed by atoms with Crippen molar-refractivity contribution in [2.45, 2.75) is 6.04 Å².